The molecule has 0 radical (unpaired) electrons. The van der Waals surface area contributed by atoms with Gasteiger partial charge in [0.15, 0.2) is 0 Å². The van der Waals surface area contributed by atoms with Crippen LogP contribution < -0.4 is 5.32 Å². The number of H-pyrrole nitrogens is 1. The van der Waals surface area contributed by atoms with Crippen molar-refractivity contribution in [1.29, 1.82) is 0 Å². The molecule has 0 unspecified atom stereocenters. The maximum Gasteiger partial charge on any atom is 0.255 e. The van der Waals surface area contributed by atoms with Gasteiger partial charge in [0, 0.05) is 22.7 Å². The summed E-state index contributed by atoms with van der Waals surface area (Å²) >= 11 is 0. The summed E-state index contributed by atoms with van der Waals surface area (Å²) in [5, 5.41) is 10.8. The van der Waals surface area contributed by atoms with Gasteiger partial charge in [0.2, 0.25) is 0 Å². The van der Waals surface area contributed by atoms with E-state index in [-0.39, 0.29) is 5.91 Å². The van der Waals surface area contributed by atoms with E-state index in [2.05, 4.69) is 38.9 Å². The van der Waals surface area contributed by atoms with Crippen LogP contribution in [0.15, 0.2) is 48.9 Å². The molecule has 0 bridgehead atoms. The standard InChI is InChI=1S/C18H17N5O/c1-11(2)23-10-19-16-7-12(4-6-17(16)23)18(24)21-14-5-3-13-9-20-22-15(13)8-14/h3-11H,1-2H3,(H,20,22)(H,21,24). The second kappa shape index (κ2) is 5.49. The lowest BCUT2D eigenvalue weighted by Gasteiger charge is -2.08. The van der Waals surface area contributed by atoms with Crippen LogP contribution in [0.5, 0.6) is 0 Å². The predicted molar refractivity (Wildman–Crippen MR) is 94.2 cm³/mol. The Labute approximate surface area is 138 Å². The lowest BCUT2D eigenvalue weighted by atomic mass is 10.1. The molecular weight excluding hydrogens is 302 g/mol. The number of aromatic amines is 1. The first-order chi connectivity index (χ1) is 11.6. The van der Waals surface area contributed by atoms with E-state index in [1.165, 1.54) is 0 Å². The molecule has 2 N–H and O–H groups in total. The number of hydrogen-bond acceptors (Lipinski definition) is 3. The van der Waals surface area contributed by atoms with Crippen molar-refractivity contribution in [1.82, 2.24) is 19.7 Å². The molecular formula is C18H17N5O. The first-order valence-corrected chi connectivity index (χ1v) is 7.83. The monoisotopic (exact) mass is 319 g/mol. The molecule has 2 aromatic carbocycles. The van der Waals surface area contributed by atoms with Gasteiger partial charge in [-0.2, -0.15) is 5.10 Å². The third kappa shape index (κ3) is 2.42. The molecule has 2 heterocycles. The van der Waals surface area contributed by atoms with E-state index in [4.69, 9.17) is 0 Å². The molecule has 0 aliphatic carbocycles. The topological polar surface area (TPSA) is 75.6 Å². The van der Waals surface area contributed by atoms with Crippen molar-refractivity contribution >= 4 is 33.5 Å². The van der Waals surface area contributed by atoms with Crippen molar-refractivity contribution in [2.45, 2.75) is 19.9 Å². The fourth-order valence-corrected chi connectivity index (χ4v) is 2.80. The lowest BCUT2D eigenvalue weighted by Crippen LogP contribution is -2.11. The summed E-state index contributed by atoms with van der Waals surface area (Å²) in [5.41, 5.74) is 4.05. The van der Waals surface area contributed by atoms with E-state index in [1.54, 1.807) is 6.20 Å². The number of nitrogens with zero attached hydrogens (tertiary/aromatic N) is 3. The molecule has 4 aromatic rings. The van der Waals surface area contributed by atoms with Crippen molar-refractivity contribution in [2.24, 2.45) is 0 Å². The minimum absolute atomic E-state index is 0.158. The fourth-order valence-electron chi connectivity index (χ4n) is 2.80. The van der Waals surface area contributed by atoms with Crippen molar-refractivity contribution in [3.8, 4) is 0 Å². The minimum Gasteiger partial charge on any atom is -0.328 e. The van der Waals surface area contributed by atoms with Crippen LogP contribution in [0, 0.1) is 0 Å². The highest BCUT2D eigenvalue weighted by atomic mass is 16.1. The summed E-state index contributed by atoms with van der Waals surface area (Å²) in [7, 11) is 0. The van der Waals surface area contributed by atoms with Crippen molar-refractivity contribution in [3.63, 3.8) is 0 Å². The zero-order valence-corrected chi connectivity index (χ0v) is 13.4. The number of anilines is 1. The number of carbonyl (C=O) groups is 1. The number of imidazole rings is 1. The van der Waals surface area contributed by atoms with E-state index in [0.29, 0.717) is 11.6 Å². The predicted octanol–water partition coefficient (Wildman–Crippen LogP) is 3.75. The Bertz CT molecular complexity index is 1040. The van der Waals surface area contributed by atoms with Crippen molar-refractivity contribution < 1.29 is 4.79 Å². The minimum atomic E-state index is -0.158. The van der Waals surface area contributed by atoms with Crippen LogP contribution in [-0.2, 0) is 0 Å². The number of rotatable bonds is 3. The van der Waals surface area contributed by atoms with E-state index in [0.717, 1.165) is 27.6 Å². The van der Waals surface area contributed by atoms with Gasteiger partial charge in [0.1, 0.15) is 0 Å². The van der Waals surface area contributed by atoms with Crippen LogP contribution in [0.4, 0.5) is 5.69 Å². The number of carbonyl (C=O) groups excluding carboxylic acids is 1. The SMILES string of the molecule is CC(C)n1cnc2cc(C(=O)Nc3ccc4cn[nH]c4c3)ccc21. The molecule has 120 valence electrons. The summed E-state index contributed by atoms with van der Waals surface area (Å²) < 4.78 is 2.09. The Balaban J connectivity index is 1.62. The summed E-state index contributed by atoms with van der Waals surface area (Å²) in [6.07, 6.45) is 3.56. The van der Waals surface area contributed by atoms with Crippen LogP contribution in [0.25, 0.3) is 21.9 Å². The van der Waals surface area contributed by atoms with Gasteiger partial charge in [-0.15, -0.1) is 0 Å². The maximum atomic E-state index is 12.5. The fraction of sp³-hybridized carbons (Fsp3) is 0.167. The van der Waals surface area contributed by atoms with Gasteiger partial charge in [0.05, 0.1) is 29.1 Å². The van der Waals surface area contributed by atoms with E-state index in [9.17, 15) is 4.79 Å². The van der Waals surface area contributed by atoms with Gasteiger partial charge in [-0.1, -0.05) is 0 Å². The summed E-state index contributed by atoms with van der Waals surface area (Å²) in [6.45, 7) is 4.21. The molecule has 0 atom stereocenters. The Morgan fingerprint density at radius 3 is 2.92 bits per heavy atom. The molecule has 0 saturated carbocycles. The molecule has 6 nitrogen and oxygen atoms in total. The summed E-state index contributed by atoms with van der Waals surface area (Å²) in [6, 6.07) is 11.6. The Kier molecular flexibility index (Phi) is 3.30. The van der Waals surface area contributed by atoms with E-state index >= 15 is 0 Å². The molecule has 0 aliphatic rings. The highest BCUT2D eigenvalue weighted by molar-refractivity contribution is 6.06. The van der Waals surface area contributed by atoms with Gasteiger partial charge >= 0.3 is 0 Å². The number of hydrogen-bond donors (Lipinski definition) is 2. The Hall–Kier alpha value is -3.15. The molecule has 4 rings (SSSR count). The maximum absolute atomic E-state index is 12.5. The van der Waals surface area contributed by atoms with Crippen LogP contribution in [0.2, 0.25) is 0 Å². The Morgan fingerprint density at radius 2 is 2.08 bits per heavy atom. The molecule has 0 saturated heterocycles. The zero-order chi connectivity index (χ0) is 16.7. The Morgan fingerprint density at radius 1 is 1.21 bits per heavy atom. The highest BCUT2D eigenvalue weighted by Gasteiger charge is 2.11. The number of amides is 1. The average Bonchev–Trinajstić information content (AvgIpc) is 3.20. The number of fused-ring (bicyclic) bond motifs is 2. The number of benzene rings is 2. The van der Waals surface area contributed by atoms with Gasteiger partial charge in [-0.05, 0) is 50.2 Å². The first kappa shape index (κ1) is 14.4. The highest BCUT2D eigenvalue weighted by Crippen LogP contribution is 2.21. The van der Waals surface area contributed by atoms with E-state index < -0.39 is 0 Å². The van der Waals surface area contributed by atoms with E-state index in [1.807, 2.05) is 42.7 Å². The van der Waals surface area contributed by atoms with Crippen molar-refractivity contribution in [2.75, 3.05) is 5.32 Å². The molecule has 0 aliphatic heterocycles. The molecule has 0 spiro atoms. The van der Waals surface area contributed by atoms with Crippen molar-refractivity contribution in [3.05, 3.63) is 54.5 Å². The molecule has 24 heavy (non-hydrogen) atoms. The smallest absolute Gasteiger partial charge is 0.255 e. The molecule has 0 fully saturated rings. The van der Waals surface area contributed by atoms with Gasteiger partial charge < -0.3 is 9.88 Å². The normalized spacial score (nSPS) is 11.5. The third-order valence-electron chi connectivity index (χ3n) is 4.09. The average molecular weight is 319 g/mol. The molecule has 2 aromatic heterocycles. The summed E-state index contributed by atoms with van der Waals surface area (Å²) in [5.74, 6) is -0.158. The third-order valence-corrected chi connectivity index (χ3v) is 4.09. The van der Waals surface area contributed by atoms with Crippen LogP contribution in [0.1, 0.15) is 30.2 Å². The molecule has 1 amide bonds. The van der Waals surface area contributed by atoms with Gasteiger partial charge in [0.25, 0.3) is 5.91 Å². The van der Waals surface area contributed by atoms with Crippen LogP contribution in [0.3, 0.4) is 0 Å². The van der Waals surface area contributed by atoms with Gasteiger partial charge in [-0.3, -0.25) is 9.89 Å². The largest absolute Gasteiger partial charge is 0.328 e. The van der Waals surface area contributed by atoms with Gasteiger partial charge in [-0.25, -0.2) is 4.98 Å². The van der Waals surface area contributed by atoms with Crippen LogP contribution >= 0.6 is 0 Å². The zero-order valence-electron chi connectivity index (χ0n) is 13.4. The number of nitrogens with one attached hydrogen (secondary N) is 2. The summed E-state index contributed by atoms with van der Waals surface area (Å²) in [4.78, 5) is 16.9. The first-order valence-electron chi connectivity index (χ1n) is 7.83. The lowest BCUT2D eigenvalue weighted by molar-refractivity contribution is 0.102. The second-order valence-electron chi connectivity index (χ2n) is 6.08. The van der Waals surface area contributed by atoms with Crippen LogP contribution in [-0.4, -0.2) is 25.7 Å². The quantitative estimate of drug-likeness (QED) is 0.604. The number of aromatic nitrogens is 4. The molecule has 6 heteroatoms. The second-order valence-corrected chi connectivity index (χ2v) is 6.08.